The van der Waals surface area contributed by atoms with Gasteiger partial charge in [-0.05, 0) is 48.5 Å². The molecule has 4 rings (SSSR count). The summed E-state index contributed by atoms with van der Waals surface area (Å²) >= 11 is 0. The molecule has 0 spiro atoms. The minimum Gasteiger partial charge on any atom is -0.485 e. The van der Waals surface area contributed by atoms with E-state index in [0.717, 1.165) is 4.31 Å². The van der Waals surface area contributed by atoms with Crippen molar-refractivity contribution in [2.24, 2.45) is 0 Å². The number of benzene rings is 3. The van der Waals surface area contributed by atoms with Crippen LogP contribution in [-0.4, -0.2) is 40.0 Å². The molecule has 0 bridgehead atoms. The quantitative estimate of drug-likeness (QED) is 0.556. The van der Waals surface area contributed by atoms with Crippen molar-refractivity contribution in [2.45, 2.75) is 11.0 Å². The Kier molecular flexibility index (Phi) is 6.18. The third-order valence-electron chi connectivity index (χ3n) is 4.99. The van der Waals surface area contributed by atoms with Crippen molar-refractivity contribution in [3.05, 3.63) is 84.4 Å². The molecular weight excluding hydrogens is 446 g/mol. The van der Waals surface area contributed by atoms with Gasteiger partial charge in [-0.3, -0.25) is 24.7 Å². The summed E-state index contributed by atoms with van der Waals surface area (Å²) in [7, 11) is -2.34. The van der Waals surface area contributed by atoms with Gasteiger partial charge in [0.1, 0.15) is 6.61 Å². The van der Waals surface area contributed by atoms with E-state index in [2.05, 4.69) is 10.9 Å². The predicted molar refractivity (Wildman–Crippen MR) is 120 cm³/mol. The molecular formula is C23H21N3O6S. The maximum atomic E-state index is 12.8. The monoisotopic (exact) mass is 467 g/mol. The topological polar surface area (TPSA) is 114 Å². The first-order valence-electron chi connectivity index (χ1n) is 9.99. The first-order valence-corrected chi connectivity index (χ1v) is 11.4. The molecule has 170 valence electrons. The normalized spacial score (nSPS) is 14.8. The van der Waals surface area contributed by atoms with Crippen LogP contribution in [-0.2, 0) is 14.8 Å². The van der Waals surface area contributed by atoms with E-state index in [9.17, 15) is 18.0 Å². The second-order valence-corrected chi connectivity index (χ2v) is 9.11. The highest BCUT2D eigenvalue weighted by molar-refractivity contribution is 7.92. The average molecular weight is 468 g/mol. The van der Waals surface area contributed by atoms with E-state index in [4.69, 9.17) is 9.47 Å². The Morgan fingerprint density at radius 3 is 2.21 bits per heavy atom. The number of amides is 2. The summed E-state index contributed by atoms with van der Waals surface area (Å²) in [5.74, 6) is -0.214. The van der Waals surface area contributed by atoms with E-state index in [-0.39, 0.29) is 17.1 Å². The second kappa shape index (κ2) is 9.21. The number of carbonyl (C=O) groups is 2. The number of fused-ring (bicyclic) bond motifs is 1. The fourth-order valence-corrected chi connectivity index (χ4v) is 4.33. The van der Waals surface area contributed by atoms with Crippen molar-refractivity contribution < 1.29 is 27.5 Å². The van der Waals surface area contributed by atoms with E-state index < -0.39 is 27.9 Å². The van der Waals surface area contributed by atoms with Crippen LogP contribution in [0, 0.1) is 0 Å². The number of rotatable bonds is 5. The van der Waals surface area contributed by atoms with Crippen LogP contribution in [0.4, 0.5) is 5.69 Å². The van der Waals surface area contributed by atoms with E-state index in [1.807, 2.05) is 0 Å². The van der Waals surface area contributed by atoms with Gasteiger partial charge in [0.15, 0.2) is 11.5 Å². The number of sulfonamides is 1. The Labute approximate surface area is 191 Å². The molecule has 0 aromatic heterocycles. The van der Waals surface area contributed by atoms with Crippen molar-refractivity contribution in [1.82, 2.24) is 10.9 Å². The first-order chi connectivity index (χ1) is 15.9. The highest BCUT2D eigenvalue weighted by Crippen LogP contribution is 2.30. The van der Waals surface area contributed by atoms with Gasteiger partial charge < -0.3 is 9.47 Å². The Morgan fingerprint density at radius 2 is 1.52 bits per heavy atom. The summed E-state index contributed by atoms with van der Waals surface area (Å²) < 4.78 is 37.9. The molecule has 0 aliphatic carbocycles. The number of para-hydroxylation sites is 3. The molecule has 0 unspecified atom stereocenters. The van der Waals surface area contributed by atoms with Crippen molar-refractivity contribution in [1.29, 1.82) is 0 Å². The molecule has 10 heteroatoms. The second-order valence-electron chi connectivity index (χ2n) is 7.14. The van der Waals surface area contributed by atoms with Crippen molar-refractivity contribution in [3.8, 4) is 11.5 Å². The van der Waals surface area contributed by atoms with Crippen LogP contribution in [0.1, 0.15) is 10.4 Å². The maximum absolute atomic E-state index is 12.8. The molecule has 3 aromatic rings. The molecule has 1 aliphatic heterocycles. The average Bonchev–Trinajstić information content (AvgIpc) is 2.86. The summed E-state index contributed by atoms with van der Waals surface area (Å²) in [6.45, 7) is 0.000204. The number of carbonyl (C=O) groups excluding carboxylic acids is 2. The summed E-state index contributed by atoms with van der Waals surface area (Å²) in [6, 6.07) is 21.0. The van der Waals surface area contributed by atoms with Gasteiger partial charge in [0.2, 0.25) is 6.10 Å². The molecule has 1 aliphatic rings. The Bertz CT molecular complexity index is 1260. The SMILES string of the molecule is CN(c1ccccc1)S(=O)(=O)c1ccc(C(=O)NNC(=O)[C@@H]2COc3ccccc3O2)cc1. The minimum atomic E-state index is -3.80. The van der Waals surface area contributed by atoms with Gasteiger partial charge in [-0.25, -0.2) is 8.42 Å². The van der Waals surface area contributed by atoms with Gasteiger partial charge in [0.05, 0.1) is 10.6 Å². The van der Waals surface area contributed by atoms with Gasteiger partial charge in [0.25, 0.3) is 21.8 Å². The molecule has 0 radical (unpaired) electrons. The Hall–Kier alpha value is -4.05. The predicted octanol–water partition coefficient (Wildman–Crippen LogP) is 2.11. The molecule has 3 aromatic carbocycles. The van der Waals surface area contributed by atoms with Crippen LogP contribution in [0.3, 0.4) is 0 Å². The van der Waals surface area contributed by atoms with Crippen molar-refractivity contribution >= 4 is 27.5 Å². The number of nitrogens with zero attached hydrogens (tertiary/aromatic N) is 1. The molecule has 2 N–H and O–H groups in total. The standard InChI is InChI=1S/C23H21N3O6S/c1-26(17-7-3-2-4-8-17)33(29,30)18-13-11-16(12-14-18)22(27)24-25-23(28)21-15-31-19-9-5-6-10-20(19)32-21/h2-14,21H,15H2,1H3,(H,24,27)(H,25,28)/t21-/m0/s1. The van der Waals surface area contributed by atoms with Crippen LogP contribution in [0.25, 0.3) is 0 Å². The fourth-order valence-electron chi connectivity index (χ4n) is 3.13. The summed E-state index contributed by atoms with van der Waals surface area (Å²) in [6.07, 6.45) is -0.929. The number of ether oxygens (including phenoxy) is 2. The lowest BCUT2D eigenvalue weighted by atomic mass is 10.2. The molecule has 2 amide bonds. The molecule has 0 fully saturated rings. The Morgan fingerprint density at radius 1 is 0.879 bits per heavy atom. The van der Waals surface area contributed by atoms with Crippen LogP contribution < -0.4 is 24.6 Å². The molecule has 33 heavy (non-hydrogen) atoms. The molecule has 0 saturated carbocycles. The number of hydrazine groups is 1. The molecule has 1 atom stereocenters. The Balaban J connectivity index is 1.36. The lowest BCUT2D eigenvalue weighted by Crippen LogP contribution is -2.50. The maximum Gasteiger partial charge on any atom is 0.283 e. The van der Waals surface area contributed by atoms with Gasteiger partial charge >= 0.3 is 0 Å². The number of hydrogen-bond donors (Lipinski definition) is 2. The van der Waals surface area contributed by atoms with Crippen LogP contribution >= 0.6 is 0 Å². The van der Waals surface area contributed by atoms with E-state index >= 15 is 0 Å². The van der Waals surface area contributed by atoms with Gasteiger partial charge in [-0.2, -0.15) is 0 Å². The third-order valence-corrected chi connectivity index (χ3v) is 6.79. The van der Waals surface area contributed by atoms with Crippen LogP contribution in [0.5, 0.6) is 11.5 Å². The van der Waals surface area contributed by atoms with Crippen molar-refractivity contribution in [3.63, 3.8) is 0 Å². The highest BCUT2D eigenvalue weighted by Gasteiger charge is 2.28. The van der Waals surface area contributed by atoms with Gasteiger partial charge in [-0.1, -0.05) is 30.3 Å². The lowest BCUT2D eigenvalue weighted by molar-refractivity contribution is -0.131. The summed E-state index contributed by atoms with van der Waals surface area (Å²) in [4.78, 5) is 24.7. The number of hydrogen-bond acceptors (Lipinski definition) is 6. The van der Waals surface area contributed by atoms with E-state index in [1.165, 1.54) is 31.3 Å². The highest BCUT2D eigenvalue weighted by atomic mass is 32.2. The number of anilines is 1. The largest absolute Gasteiger partial charge is 0.485 e. The molecule has 1 heterocycles. The van der Waals surface area contributed by atoms with Crippen molar-refractivity contribution in [2.75, 3.05) is 18.0 Å². The van der Waals surface area contributed by atoms with Crippen LogP contribution in [0.2, 0.25) is 0 Å². The summed E-state index contributed by atoms with van der Waals surface area (Å²) in [5, 5.41) is 0. The van der Waals surface area contributed by atoms with Gasteiger partial charge in [0, 0.05) is 12.6 Å². The molecule has 0 saturated heterocycles. The lowest BCUT2D eigenvalue weighted by Gasteiger charge is -2.25. The van der Waals surface area contributed by atoms with E-state index in [1.54, 1.807) is 54.6 Å². The smallest absolute Gasteiger partial charge is 0.283 e. The number of nitrogens with one attached hydrogen (secondary N) is 2. The van der Waals surface area contributed by atoms with Gasteiger partial charge in [-0.15, -0.1) is 0 Å². The van der Waals surface area contributed by atoms with Crippen LogP contribution in [0.15, 0.2) is 83.8 Å². The zero-order valence-corrected chi connectivity index (χ0v) is 18.4. The summed E-state index contributed by atoms with van der Waals surface area (Å²) in [5.41, 5.74) is 5.27. The first kappa shape index (κ1) is 22.2. The minimum absolute atomic E-state index is 0.000204. The molecule has 9 nitrogen and oxygen atoms in total. The zero-order chi connectivity index (χ0) is 23.4. The third kappa shape index (κ3) is 4.75. The van der Waals surface area contributed by atoms with E-state index in [0.29, 0.717) is 17.2 Å². The zero-order valence-electron chi connectivity index (χ0n) is 17.6. The fraction of sp³-hybridized carbons (Fsp3) is 0.130.